The summed E-state index contributed by atoms with van der Waals surface area (Å²) in [6, 6.07) is 6.50. The van der Waals surface area contributed by atoms with E-state index in [1.807, 2.05) is 0 Å². The molecule has 0 unspecified atom stereocenters. The predicted molar refractivity (Wildman–Crippen MR) is 85.1 cm³/mol. The van der Waals surface area contributed by atoms with Crippen molar-refractivity contribution < 1.29 is 0 Å². The molecular formula is C17H26Si. The van der Waals surface area contributed by atoms with Gasteiger partial charge in [-0.25, -0.2) is 0 Å². The normalized spacial score (nSPS) is 11.6. The first-order valence-electron chi connectivity index (χ1n) is 6.95. The minimum atomic E-state index is -1.30. The van der Waals surface area contributed by atoms with Gasteiger partial charge in [-0.3, -0.25) is 0 Å². The highest BCUT2D eigenvalue weighted by Crippen LogP contribution is 2.16. The van der Waals surface area contributed by atoms with Crippen LogP contribution < -0.4 is 5.19 Å². The van der Waals surface area contributed by atoms with Crippen LogP contribution >= 0.6 is 0 Å². The van der Waals surface area contributed by atoms with Gasteiger partial charge in [0, 0.05) is 5.56 Å². The topological polar surface area (TPSA) is 0 Å². The zero-order valence-electron chi connectivity index (χ0n) is 12.5. The van der Waals surface area contributed by atoms with Crippen LogP contribution in [0.1, 0.15) is 37.8 Å². The minimum Gasteiger partial charge on any atom is -0.115 e. The lowest BCUT2D eigenvalue weighted by Gasteiger charge is -2.22. The van der Waals surface area contributed by atoms with Gasteiger partial charge in [0.25, 0.3) is 0 Å². The fourth-order valence-electron chi connectivity index (χ4n) is 2.38. The van der Waals surface area contributed by atoms with Gasteiger partial charge in [0.15, 0.2) is 0 Å². The molecule has 0 saturated carbocycles. The molecule has 0 aliphatic rings. The van der Waals surface area contributed by atoms with Gasteiger partial charge in [-0.2, -0.15) is 0 Å². The Balaban J connectivity index is 3.02. The van der Waals surface area contributed by atoms with Crippen molar-refractivity contribution in [3.8, 4) is 12.3 Å². The zero-order valence-corrected chi connectivity index (χ0v) is 13.5. The quantitative estimate of drug-likeness (QED) is 0.549. The molecule has 98 valence electrons. The van der Waals surface area contributed by atoms with Crippen molar-refractivity contribution in [3.05, 3.63) is 29.3 Å². The molecule has 0 N–H and O–H groups in total. The highest BCUT2D eigenvalue weighted by Gasteiger charge is 2.21. The van der Waals surface area contributed by atoms with E-state index in [2.05, 4.69) is 57.6 Å². The van der Waals surface area contributed by atoms with Crippen LogP contribution in [0.4, 0.5) is 0 Å². The highest BCUT2D eigenvalue weighted by atomic mass is 28.3. The highest BCUT2D eigenvalue weighted by molar-refractivity contribution is 6.89. The third kappa shape index (κ3) is 4.03. The Morgan fingerprint density at radius 2 is 1.89 bits per heavy atom. The molecule has 0 aliphatic heterocycles. The van der Waals surface area contributed by atoms with E-state index in [1.54, 1.807) is 5.19 Å². The Hall–Kier alpha value is -1.00. The molecule has 0 nitrogen and oxygen atoms in total. The fraction of sp³-hybridized carbons (Fsp3) is 0.529. The molecule has 0 aromatic heterocycles. The lowest BCUT2D eigenvalue weighted by atomic mass is 9.99. The van der Waals surface area contributed by atoms with Crippen molar-refractivity contribution in [2.75, 3.05) is 0 Å². The molecule has 0 amide bonds. The van der Waals surface area contributed by atoms with Crippen molar-refractivity contribution >= 4 is 13.3 Å². The molecule has 0 spiro atoms. The van der Waals surface area contributed by atoms with E-state index >= 15 is 0 Å². The molecule has 1 rings (SSSR count). The van der Waals surface area contributed by atoms with Crippen LogP contribution in [-0.2, 0) is 6.42 Å². The van der Waals surface area contributed by atoms with Crippen LogP contribution in [0.5, 0.6) is 0 Å². The standard InChI is InChI=1S/C17H26Si/c1-7-15-11-9-13-17(18(4,5)6)16(15)12-8-10-14(2)3/h1,9,11,13-14H,8,10,12H2,2-6H3. The molecule has 0 fully saturated rings. The number of hydrogen-bond donors (Lipinski definition) is 0. The molecule has 0 atom stereocenters. The van der Waals surface area contributed by atoms with E-state index in [0.29, 0.717) is 0 Å². The molecule has 0 saturated heterocycles. The number of rotatable bonds is 5. The van der Waals surface area contributed by atoms with E-state index in [1.165, 1.54) is 18.4 Å². The zero-order chi connectivity index (χ0) is 13.8. The SMILES string of the molecule is C#Cc1cccc([Si](C)(C)C)c1CCCC(C)C. The van der Waals surface area contributed by atoms with Crippen LogP contribution in [0, 0.1) is 18.3 Å². The Kier molecular flexibility index (Phi) is 5.23. The summed E-state index contributed by atoms with van der Waals surface area (Å²) >= 11 is 0. The van der Waals surface area contributed by atoms with Crippen molar-refractivity contribution in [3.63, 3.8) is 0 Å². The molecule has 0 heterocycles. The molecule has 0 radical (unpaired) electrons. The van der Waals surface area contributed by atoms with Gasteiger partial charge in [-0.1, -0.05) is 63.1 Å². The Labute approximate surface area is 114 Å². The summed E-state index contributed by atoms with van der Waals surface area (Å²) in [5.74, 6) is 3.64. The second-order valence-corrected chi connectivity index (χ2v) is 11.6. The summed E-state index contributed by atoms with van der Waals surface area (Å²) < 4.78 is 0. The first-order chi connectivity index (χ1) is 8.36. The van der Waals surface area contributed by atoms with Crippen molar-refractivity contribution in [2.24, 2.45) is 5.92 Å². The first kappa shape index (κ1) is 15.1. The third-order valence-electron chi connectivity index (χ3n) is 3.35. The van der Waals surface area contributed by atoms with E-state index in [-0.39, 0.29) is 0 Å². The van der Waals surface area contributed by atoms with E-state index in [9.17, 15) is 0 Å². The monoisotopic (exact) mass is 258 g/mol. The second kappa shape index (κ2) is 6.25. The van der Waals surface area contributed by atoms with Crippen LogP contribution in [0.25, 0.3) is 0 Å². The van der Waals surface area contributed by atoms with E-state index in [4.69, 9.17) is 6.42 Å². The Morgan fingerprint density at radius 1 is 1.22 bits per heavy atom. The summed E-state index contributed by atoms with van der Waals surface area (Å²) in [6.07, 6.45) is 9.32. The maximum absolute atomic E-state index is 5.66. The maximum Gasteiger partial charge on any atom is 0.0780 e. The van der Waals surface area contributed by atoms with Gasteiger partial charge in [0.05, 0.1) is 8.07 Å². The minimum absolute atomic E-state index is 0.776. The lowest BCUT2D eigenvalue weighted by Crippen LogP contribution is -2.40. The smallest absolute Gasteiger partial charge is 0.0780 e. The summed E-state index contributed by atoms with van der Waals surface area (Å²) in [6.45, 7) is 11.8. The average molecular weight is 258 g/mol. The molecule has 0 bridgehead atoms. The van der Waals surface area contributed by atoms with Gasteiger partial charge in [0.1, 0.15) is 0 Å². The number of hydrogen-bond acceptors (Lipinski definition) is 0. The predicted octanol–water partition coefficient (Wildman–Crippen LogP) is 4.19. The van der Waals surface area contributed by atoms with Gasteiger partial charge < -0.3 is 0 Å². The van der Waals surface area contributed by atoms with Gasteiger partial charge in [-0.05, 0) is 30.4 Å². The van der Waals surface area contributed by atoms with Crippen molar-refractivity contribution in [1.82, 2.24) is 0 Å². The second-order valence-electron chi connectivity index (χ2n) is 6.51. The summed E-state index contributed by atoms with van der Waals surface area (Å²) in [4.78, 5) is 0. The fourth-order valence-corrected chi connectivity index (χ4v) is 4.14. The van der Waals surface area contributed by atoms with Crippen molar-refractivity contribution in [2.45, 2.75) is 52.8 Å². The largest absolute Gasteiger partial charge is 0.115 e. The maximum atomic E-state index is 5.66. The Morgan fingerprint density at radius 3 is 2.39 bits per heavy atom. The summed E-state index contributed by atoms with van der Waals surface area (Å²) in [7, 11) is -1.30. The summed E-state index contributed by atoms with van der Waals surface area (Å²) in [5, 5.41) is 1.54. The van der Waals surface area contributed by atoms with Crippen LogP contribution in [0.2, 0.25) is 19.6 Å². The molecule has 1 heteroatoms. The number of benzene rings is 1. The average Bonchev–Trinajstić information content (AvgIpc) is 2.27. The van der Waals surface area contributed by atoms with Crippen LogP contribution in [0.3, 0.4) is 0 Å². The van der Waals surface area contributed by atoms with Crippen molar-refractivity contribution in [1.29, 1.82) is 0 Å². The van der Waals surface area contributed by atoms with Gasteiger partial charge >= 0.3 is 0 Å². The van der Waals surface area contributed by atoms with Gasteiger partial charge in [-0.15, -0.1) is 6.42 Å². The first-order valence-corrected chi connectivity index (χ1v) is 10.4. The van der Waals surface area contributed by atoms with Gasteiger partial charge in [0.2, 0.25) is 0 Å². The lowest BCUT2D eigenvalue weighted by molar-refractivity contribution is 0.556. The van der Waals surface area contributed by atoms with Crippen LogP contribution in [0.15, 0.2) is 18.2 Å². The van der Waals surface area contributed by atoms with Crippen LogP contribution in [-0.4, -0.2) is 8.07 Å². The Bertz CT molecular complexity index is 430. The molecule has 1 aromatic rings. The van der Waals surface area contributed by atoms with E-state index in [0.717, 1.165) is 17.9 Å². The number of terminal acetylenes is 1. The van der Waals surface area contributed by atoms with E-state index < -0.39 is 8.07 Å². The third-order valence-corrected chi connectivity index (χ3v) is 5.43. The molecule has 1 aromatic carbocycles. The summed E-state index contributed by atoms with van der Waals surface area (Å²) in [5.41, 5.74) is 2.55. The molecular weight excluding hydrogens is 232 g/mol. The molecule has 0 aliphatic carbocycles. The molecule has 18 heavy (non-hydrogen) atoms.